The molecule has 4 heteroatoms. The molecule has 0 aliphatic rings. The van der Waals surface area contributed by atoms with Gasteiger partial charge in [-0.05, 0) is 54.4 Å². The summed E-state index contributed by atoms with van der Waals surface area (Å²) in [5.74, 6) is -2.02. The number of hydrogen-bond donors (Lipinski definition) is 0. The highest BCUT2D eigenvalue weighted by Gasteiger charge is 2.12. The van der Waals surface area contributed by atoms with E-state index in [1.54, 1.807) is 0 Å². The van der Waals surface area contributed by atoms with Crippen molar-refractivity contribution >= 4 is 5.78 Å². The Labute approximate surface area is 108 Å². The number of hydrogen-bond acceptors (Lipinski definition) is 1. The van der Waals surface area contributed by atoms with Gasteiger partial charge >= 0.3 is 0 Å². The molecule has 0 aliphatic carbocycles. The first kappa shape index (κ1) is 13.3. The van der Waals surface area contributed by atoms with E-state index in [1.807, 2.05) is 0 Å². The number of aryl methyl sites for hydroxylation is 1. The molecule has 2 aromatic carbocycles. The van der Waals surface area contributed by atoms with Crippen molar-refractivity contribution in [1.29, 1.82) is 0 Å². The topological polar surface area (TPSA) is 17.1 Å². The standard InChI is InChI=1S/C15H11F3O/c1-9-6-10(2-4-13(9)17)15(19)8-11-7-12(16)3-5-14(11)18/h2-7H,8H2,1H3. The van der Waals surface area contributed by atoms with Gasteiger partial charge in [0, 0.05) is 12.0 Å². The van der Waals surface area contributed by atoms with Gasteiger partial charge in [0.05, 0.1) is 0 Å². The van der Waals surface area contributed by atoms with Crippen LogP contribution in [0, 0.1) is 24.4 Å². The lowest BCUT2D eigenvalue weighted by Crippen LogP contribution is -2.06. The van der Waals surface area contributed by atoms with Crippen molar-refractivity contribution in [2.24, 2.45) is 0 Å². The largest absolute Gasteiger partial charge is 0.294 e. The van der Waals surface area contributed by atoms with E-state index < -0.39 is 17.5 Å². The van der Waals surface area contributed by atoms with E-state index >= 15 is 0 Å². The Morgan fingerprint density at radius 2 is 1.68 bits per heavy atom. The number of carbonyl (C=O) groups is 1. The first-order valence-corrected chi connectivity index (χ1v) is 5.70. The monoisotopic (exact) mass is 264 g/mol. The van der Waals surface area contributed by atoms with E-state index in [1.165, 1.54) is 25.1 Å². The van der Waals surface area contributed by atoms with Crippen molar-refractivity contribution in [3.8, 4) is 0 Å². The van der Waals surface area contributed by atoms with Crippen LogP contribution in [0.5, 0.6) is 0 Å². The van der Waals surface area contributed by atoms with Gasteiger partial charge in [-0.3, -0.25) is 4.79 Å². The number of ketones is 1. The Hall–Kier alpha value is -2.10. The summed E-state index contributed by atoms with van der Waals surface area (Å²) in [5.41, 5.74) is 0.611. The summed E-state index contributed by atoms with van der Waals surface area (Å²) >= 11 is 0. The predicted molar refractivity (Wildman–Crippen MR) is 65.5 cm³/mol. The summed E-state index contributed by atoms with van der Waals surface area (Å²) in [6.07, 6.45) is -0.255. The lowest BCUT2D eigenvalue weighted by Gasteiger charge is -2.05. The van der Waals surface area contributed by atoms with Crippen molar-refractivity contribution < 1.29 is 18.0 Å². The van der Waals surface area contributed by atoms with Crippen molar-refractivity contribution in [2.45, 2.75) is 13.3 Å². The maximum absolute atomic E-state index is 13.4. The van der Waals surface area contributed by atoms with Crippen LogP contribution >= 0.6 is 0 Å². The second-order valence-corrected chi connectivity index (χ2v) is 4.30. The number of benzene rings is 2. The Kier molecular flexibility index (Phi) is 3.69. The van der Waals surface area contributed by atoms with E-state index in [0.717, 1.165) is 18.2 Å². The minimum Gasteiger partial charge on any atom is -0.294 e. The zero-order chi connectivity index (χ0) is 14.0. The second kappa shape index (κ2) is 5.26. The van der Waals surface area contributed by atoms with Gasteiger partial charge in [0.15, 0.2) is 5.78 Å². The molecule has 0 heterocycles. The smallest absolute Gasteiger partial charge is 0.167 e. The Balaban J connectivity index is 2.25. The molecule has 98 valence electrons. The zero-order valence-electron chi connectivity index (χ0n) is 10.2. The fraction of sp³-hybridized carbons (Fsp3) is 0.133. The molecule has 0 aromatic heterocycles. The highest BCUT2D eigenvalue weighted by atomic mass is 19.1. The molecule has 0 saturated heterocycles. The van der Waals surface area contributed by atoms with Crippen LogP contribution < -0.4 is 0 Å². The summed E-state index contributed by atoms with van der Waals surface area (Å²) in [6, 6.07) is 6.88. The van der Waals surface area contributed by atoms with Crippen LogP contribution in [0.1, 0.15) is 21.5 Å². The first-order chi connectivity index (χ1) is 8.97. The maximum atomic E-state index is 13.4. The van der Waals surface area contributed by atoms with Gasteiger partial charge in [0.2, 0.25) is 0 Å². The lowest BCUT2D eigenvalue weighted by molar-refractivity contribution is 0.0991. The van der Waals surface area contributed by atoms with Crippen LogP contribution in [-0.2, 0) is 6.42 Å². The molecule has 0 aliphatic heterocycles. The van der Waals surface area contributed by atoms with E-state index in [-0.39, 0.29) is 23.3 Å². The molecular weight excluding hydrogens is 253 g/mol. The Morgan fingerprint density at radius 1 is 1.00 bits per heavy atom. The lowest BCUT2D eigenvalue weighted by atomic mass is 10.0. The minimum atomic E-state index is -0.631. The third-order valence-corrected chi connectivity index (χ3v) is 2.84. The molecule has 2 rings (SSSR count). The van der Waals surface area contributed by atoms with Crippen molar-refractivity contribution in [3.63, 3.8) is 0 Å². The van der Waals surface area contributed by atoms with Crippen LogP contribution in [0.3, 0.4) is 0 Å². The van der Waals surface area contributed by atoms with Gasteiger partial charge in [0.1, 0.15) is 17.5 Å². The van der Waals surface area contributed by atoms with Crippen LogP contribution in [0.25, 0.3) is 0 Å². The summed E-state index contributed by atoms with van der Waals surface area (Å²) in [4.78, 5) is 11.9. The van der Waals surface area contributed by atoms with Crippen molar-refractivity contribution in [1.82, 2.24) is 0 Å². The SMILES string of the molecule is Cc1cc(C(=O)Cc2cc(F)ccc2F)ccc1F. The number of Topliss-reactive ketones (excluding diaryl/α,β-unsaturated/α-hetero) is 1. The molecule has 19 heavy (non-hydrogen) atoms. The molecule has 0 amide bonds. The molecule has 0 atom stereocenters. The van der Waals surface area contributed by atoms with Gasteiger partial charge in [-0.2, -0.15) is 0 Å². The summed E-state index contributed by atoms with van der Waals surface area (Å²) in [7, 11) is 0. The first-order valence-electron chi connectivity index (χ1n) is 5.70. The van der Waals surface area contributed by atoms with Crippen LogP contribution in [-0.4, -0.2) is 5.78 Å². The molecule has 0 unspecified atom stereocenters. The Bertz CT molecular complexity index is 635. The van der Waals surface area contributed by atoms with E-state index in [0.29, 0.717) is 5.56 Å². The van der Waals surface area contributed by atoms with E-state index in [4.69, 9.17) is 0 Å². The fourth-order valence-electron chi connectivity index (χ4n) is 1.77. The number of carbonyl (C=O) groups excluding carboxylic acids is 1. The van der Waals surface area contributed by atoms with E-state index in [9.17, 15) is 18.0 Å². The summed E-state index contributed by atoms with van der Waals surface area (Å²) in [5, 5.41) is 0. The van der Waals surface area contributed by atoms with Crippen molar-refractivity contribution in [3.05, 3.63) is 70.5 Å². The zero-order valence-corrected chi connectivity index (χ0v) is 10.2. The summed E-state index contributed by atoms with van der Waals surface area (Å²) < 4.78 is 39.5. The average molecular weight is 264 g/mol. The van der Waals surface area contributed by atoms with Gasteiger partial charge in [-0.15, -0.1) is 0 Å². The maximum Gasteiger partial charge on any atom is 0.167 e. The van der Waals surface area contributed by atoms with Gasteiger partial charge in [-0.25, -0.2) is 13.2 Å². The van der Waals surface area contributed by atoms with Gasteiger partial charge in [0.25, 0.3) is 0 Å². The van der Waals surface area contributed by atoms with Gasteiger partial charge < -0.3 is 0 Å². The second-order valence-electron chi connectivity index (χ2n) is 4.30. The average Bonchev–Trinajstić information content (AvgIpc) is 2.37. The molecule has 2 aromatic rings. The Morgan fingerprint density at radius 3 is 2.37 bits per heavy atom. The fourth-order valence-corrected chi connectivity index (χ4v) is 1.77. The van der Waals surface area contributed by atoms with Gasteiger partial charge in [-0.1, -0.05) is 0 Å². The quantitative estimate of drug-likeness (QED) is 0.770. The number of rotatable bonds is 3. The molecule has 0 spiro atoms. The minimum absolute atomic E-state index is 0.00743. The predicted octanol–water partition coefficient (Wildman–Crippen LogP) is 3.84. The molecule has 0 bridgehead atoms. The molecular formula is C15H11F3O. The van der Waals surface area contributed by atoms with Crippen LogP contribution in [0.4, 0.5) is 13.2 Å². The molecule has 0 radical (unpaired) electrons. The van der Waals surface area contributed by atoms with Crippen LogP contribution in [0.2, 0.25) is 0 Å². The third-order valence-electron chi connectivity index (χ3n) is 2.84. The summed E-state index contributed by atoms with van der Waals surface area (Å²) in [6.45, 7) is 1.54. The molecule has 1 nitrogen and oxygen atoms in total. The van der Waals surface area contributed by atoms with Crippen LogP contribution in [0.15, 0.2) is 36.4 Å². The molecule has 0 fully saturated rings. The third kappa shape index (κ3) is 3.02. The molecule has 0 saturated carbocycles. The highest BCUT2D eigenvalue weighted by Crippen LogP contribution is 2.15. The molecule has 0 N–H and O–H groups in total. The normalized spacial score (nSPS) is 10.5. The number of halogens is 3. The van der Waals surface area contributed by atoms with Crippen molar-refractivity contribution in [2.75, 3.05) is 0 Å². The van der Waals surface area contributed by atoms with E-state index in [2.05, 4.69) is 0 Å². The highest BCUT2D eigenvalue weighted by molar-refractivity contribution is 5.97.